The molecule has 6 heteroatoms. The molecule has 1 aromatic carbocycles. The zero-order valence-electron chi connectivity index (χ0n) is 12.9. The smallest absolute Gasteiger partial charge is 0.407 e. The summed E-state index contributed by atoms with van der Waals surface area (Å²) in [6.07, 6.45) is -0.451. The van der Waals surface area contributed by atoms with Crippen LogP contribution >= 0.6 is 11.6 Å². The summed E-state index contributed by atoms with van der Waals surface area (Å²) >= 11 is 5.84. The number of carbonyl (C=O) groups excluding carboxylic acids is 1. The van der Waals surface area contributed by atoms with Gasteiger partial charge >= 0.3 is 6.09 Å². The molecule has 118 valence electrons. The van der Waals surface area contributed by atoms with Crippen LogP contribution in [-0.2, 0) is 4.74 Å². The number of rotatable bonds is 4. The van der Waals surface area contributed by atoms with E-state index in [9.17, 15) is 4.79 Å². The van der Waals surface area contributed by atoms with Crippen molar-refractivity contribution in [1.82, 2.24) is 10.3 Å². The van der Waals surface area contributed by atoms with Crippen molar-refractivity contribution in [2.75, 3.05) is 13.2 Å². The van der Waals surface area contributed by atoms with Gasteiger partial charge in [-0.3, -0.25) is 0 Å². The number of alkyl carbamates (subject to hydrolysis) is 1. The van der Waals surface area contributed by atoms with E-state index in [1.54, 1.807) is 6.07 Å². The Morgan fingerprint density at radius 1 is 1.27 bits per heavy atom. The Labute approximate surface area is 134 Å². The van der Waals surface area contributed by atoms with Gasteiger partial charge in [0.25, 0.3) is 0 Å². The lowest BCUT2D eigenvalue weighted by Gasteiger charge is -2.19. The molecule has 1 amide bonds. The monoisotopic (exact) mass is 322 g/mol. The van der Waals surface area contributed by atoms with E-state index in [1.165, 1.54) is 0 Å². The van der Waals surface area contributed by atoms with Crippen LogP contribution in [0.3, 0.4) is 0 Å². The summed E-state index contributed by atoms with van der Waals surface area (Å²) in [6, 6.07) is 9.16. The first kappa shape index (κ1) is 16.4. The highest BCUT2D eigenvalue weighted by Gasteiger charge is 2.15. The molecule has 2 rings (SSSR count). The van der Waals surface area contributed by atoms with E-state index in [4.69, 9.17) is 21.1 Å². The number of benzene rings is 1. The minimum atomic E-state index is -0.502. The number of hydrogen-bond acceptors (Lipinski definition) is 4. The lowest BCUT2D eigenvalue weighted by Crippen LogP contribution is -2.34. The van der Waals surface area contributed by atoms with Crippen molar-refractivity contribution in [2.45, 2.75) is 26.4 Å². The number of halogens is 1. The first-order valence-corrected chi connectivity index (χ1v) is 7.37. The summed E-state index contributed by atoms with van der Waals surface area (Å²) in [6.45, 7) is 6.17. The number of aromatic nitrogens is 1. The van der Waals surface area contributed by atoms with Gasteiger partial charge < -0.3 is 14.8 Å². The van der Waals surface area contributed by atoms with Crippen molar-refractivity contribution in [2.24, 2.45) is 0 Å². The molecule has 1 N–H and O–H groups in total. The highest BCUT2D eigenvalue weighted by molar-refractivity contribution is 6.29. The van der Waals surface area contributed by atoms with Crippen molar-refractivity contribution in [1.29, 1.82) is 0 Å². The number of pyridine rings is 1. The summed E-state index contributed by atoms with van der Waals surface area (Å²) in [7, 11) is 0. The fourth-order valence-corrected chi connectivity index (χ4v) is 1.96. The molecule has 0 aliphatic carbocycles. The Balaban J connectivity index is 1.82. The molecule has 0 bridgehead atoms. The predicted molar refractivity (Wildman–Crippen MR) is 86.5 cm³/mol. The first-order valence-electron chi connectivity index (χ1n) is 6.99. The van der Waals surface area contributed by atoms with Crippen molar-refractivity contribution in [3.8, 4) is 5.75 Å². The number of nitrogens with one attached hydrogen (secondary N) is 1. The van der Waals surface area contributed by atoms with Crippen LogP contribution < -0.4 is 10.1 Å². The molecule has 0 aliphatic heterocycles. The summed E-state index contributed by atoms with van der Waals surface area (Å²) in [5, 5.41) is 4.05. The summed E-state index contributed by atoms with van der Waals surface area (Å²) in [5.41, 5.74) is 0.309. The Bertz CT molecular complexity index is 668. The van der Waals surface area contributed by atoms with Crippen LogP contribution in [-0.4, -0.2) is 29.8 Å². The topological polar surface area (TPSA) is 60.5 Å². The van der Waals surface area contributed by atoms with Gasteiger partial charge in [-0.1, -0.05) is 11.6 Å². The number of fused-ring (bicyclic) bond motifs is 1. The van der Waals surface area contributed by atoms with E-state index in [2.05, 4.69) is 10.3 Å². The summed E-state index contributed by atoms with van der Waals surface area (Å²) in [4.78, 5) is 15.7. The molecule has 2 aromatic rings. The molecule has 5 nitrogen and oxygen atoms in total. The van der Waals surface area contributed by atoms with E-state index >= 15 is 0 Å². The van der Waals surface area contributed by atoms with Gasteiger partial charge in [-0.05, 0) is 51.1 Å². The zero-order chi connectivity index (χ0) is 16.2. The van der Waals surface area contributed by atoms with Gasteiger partial charge in [0, 0.05) is 5.39 Å². The summed E-state index contributed by atoms with van der Waals surface area (Å²) in [5.74, 6) is 0.711. The second-order valence-corrected chi connectivity index (χ2v) is 6.15. The Morgan fingerprint density at radius 2 is 2.05 bits per heavy atom. The van der Waals surface area contributed by atoms with E-state index in [0.29, 0.717) is 24.1 Å². The Kier molecular flexibility index (Phi) is 5.08. The number of nitrogens with zero attached hydrogens (tertiary/aromatic N) is 1. The second-order valence-electron chi connectivity index (χ2n) is 5.77. The lowest BCUT2D eigenvalue weighted by atomic mass is 10.2. The third kappa shape index (κ3) is 5.07. The van der Waals surface area contributed by atoms with Gasteiger partial charge in [0.15, 0.2) is 0 Å². The van der Waals surface area contributed by atoms with Crippen LogP contribution in [0.15, 0.2) is 30.3 Å². The third-order valence-electron chi connectivity index (χ3n) is 2.67. The number of amides is 1. The average molecular weight is 323 g/mol. The van der Waals surface area contributed by atoms with Crippen LogP contribution in [0.5, 0.6) is 5.75 Å². The molecule has 1 heterocycles. The molecule has 0 unspecified atom stereocenters. The highest BCUT2D eigenvalue weighted by atomic mass is 35.5. The molecule has 0 atom stereocenters. The molecule has 0 saturated carbocycles. The average Bonchev–Trinajstić information content (AvgIpc) is 2.41. The van der Waals surface area contributed by atoms with Crippen LogP contribution in [0.2, 0.25) is 5.15 Å². The van der Waals surface area contributed by atoms with Gasteiger partial charge in [0.2, 0.25) is 0 Å². The SMILES string of the molecule is CC(C)(C)OC(=O)NCCOc1ccc2nc(Cl)ccc2c1. The number of carbonyl (C=O) groups is 1. The van der Waals surface area contributed by atoms with Crippen LogP contribution in [0.25, 0.3) is 10.9 Å². The van der Waals surface area contributed by atoms with E-state index in [1.807, 2.05) is 45.0 Å². The minimum Gasteiger partial charge on any atom is -0.492 e. The first-order chi connectivity index (χ1) is 10.3. The Morgan fingerprint density at radius 3 is 2.77 bits per heavy atom. The predicted octanol–water partition coefficient (Wildman–Crippen LogP) is 3.79. The maximum absolute atomic E-state index is 11.5. The van der Waals surface area contributed by atoms with Crippen molar-refractivity contribution in [3.63, 3.8) is 0 Å². The van der Waals surface area contributed by atoms with E-state index < -0.39 is 11.7 Å². The maximum Gasteiger partial charge on any atom is 0.407 e. The van der Waals surface area contributed by atoms with Crippen molar-refractivity contribution in [3.05, 3.63) is 35.5 Å². The molecule has 1 aromatic heterocycles. The quantitative estimate of drug-likeness (QED) is 0.687. The molecule has 0 spiro atoms. The summed E-state index contributed by atoms with van der Waals surface area (Å²) < 4.78 is 10.7. The van der Waals surface area contributed by atoms with Crippen LogP contribution in [0.4, 0.5) is 4.79 Å². The molecular weight excluding hydrogens is 304 g/mol. The van der Waals surface area contributed by atoms with Gasteiger partial charge in [-0.15, -0.1) is 0 Å². The van der Waals surface area contributed by atoms with E-state index in [0.717, 1.165) is 10.9 Å². The van der Waals surface area contributed by atoms with Gasteiger partial charge in [-0.2, -0.15) is 0 Å². The van der Waals surface area contributed by atoms with Crippen molar-refractivity contribution < 1.29 is 14.3 Å². The number of ether oxygens (including phenoxy) is 2. The fraction of sp³-hybridized carbons (Fsp3) is 0.375. The number of hydrogen-bond donors (Lipinski definition) is 1. The Hall–Kier alpha value is -2.01. The molecule has 0 aliphatic rings. The molecule has 0 saturated heterocycles. The molecule has 0 radical (unpaired) electrons. The molecular formula is C16H19ClN2O3. The molecule has 22 heavy (non-hydrogen) atoms. The third-order valence-corrected chi connectivity index (χ3v) is 2.88. The highest BCUT2D eigenvalue weighted by Crippen LogP contribution is 2.21. The van der Waals surface area contributed by atoms with E-state index in [-0.39, 0.29) is 0 Å². The largest absolute Gasteiger partial charge is 0.492 e. The fourth-order valence-electron chi connectivity index (χ4n) is 1.80. The molecule has 0 fully saturated rings. The minimum absolute atomic E-state index is 0.353. The van der Waals surface area contributed by atoms with Crippen LogP contribution in [0.1, 0.15) is 20.8 Å². The van der Waals surface area contributed by atoms with Gasteiger partial charge in [0.05, 0.1) is 12.1 Å². The van der Waals surface area contributed by atoms with Crippen molar-refractivity contribution >= 4 is 28.6 Å². The standard InChI is InChI=1S/C16H19ClN2O3/c1-16(2,3)22-15(20)18-8-9-21-12-5-6-13-11(10-12)4-7-14(17)19-13/h4-7,10H,8-9H2,1-3H3,(H,18,20). The van der Waals surface area contributed by atoms with Gasteiger partial charge in [-0.25, -0.2) is 9.78 Å². The van der Waals surface area contributed by atoms with Gasteiger partial charge in [0.1, 0.15) is 23.1 Å². The maximum atomic E-state index is 11.5. The zero-order valence-corrected chi connectivity index (χ0v) is 13.6. The second kappa shape index (κ2) is 6.83. The lowest BCUT2D eigenvalue weighted by molar-refractivity contribution is 0.0520. The van der Waals surface area contributed by atoms with Crippen LogP contribution in [0, 0.1) is 0 Å². The normalized spacial score (nSPS) is 11.3.